The van der Waals surface area contributed by atoms with E-state index in [1.165, 1.54) is 0 Å². The first-order valence-electron chi connectivity index (χ1n) is 6.86. The molecule has 1 saturated carbocycles. The van der Waals surface area contributed by atoms with E-state index >= 15 is 0 Å². The predicted molar refractivity (Wildman–Crippen MR) is 74.6 cm³/mol. The molecule has 1 atom stereocenters. The van der Waals surface area contributed by atoms with Crippen molar-refractivity contribution >= 4 is 5.91 Å². The Morgan fingerprint density at radius 1 is 1.32 bits per heavy atom. The molecule has 1 aliphatic carbocycles. The molecule has 1 aromatic rings. The maximum Gasteiger partial charge on any atom is 0.223 e. The summed E-state index contributed by atoms with van der Waals surface area (Å²) in [4.78, 5) is 11.4. The molecule has 1 amide bonds. The normalized spacial score (nSPS) is 17.8. The van der Waals surface area contributed by atoms with Gasteiger partial charge in [-0.15, -0.1) is 0 Å². The molecule has 4 heteroatoms. The minimum absolute atomic E-state index is 0.164. The summed E-state index contributed by atoms with van der Waals surface area (Å²) in [6, 6.07) is 9.59. The summed E-state index contributed by atoms with van der Waals surface area (Å²) < 4.78 is 0. The Morgan fingerprint density at radius 3 is 2.63 bits per heavy atom. The van der Waals surface area contributed by atoms with E-state index in [0.717, 1.165) is 18.4 Å². The van der Waals surface area contributed by atoms with Crippen LogP contribution in [0.5, 0.6) is 0 Å². The third-order valence-corrected chi connectivity index (χ3v) is 3.41. The summed E-state index contributed by atoms with van der Waals surface area (Å²) in [6.45, 7) is 3.54. The molecule has 0 saturated heterocycles. The maximum absolute atomic E-state index is 11.4. The van der Waals surface area contributed by atoms with Gasteiger partial charge in [0.2, 0.25) is 5.91 Å². The Kier molecular flexibility index (Phi) is 4.56. The van der Waals surface area contributed by atoms with E-state index in [9.17, 15) is 9.90 Å². The zero-order valence-corrected chi connectivity index (χ0v) is 11.4. The van der Waals surface area contributed by atoms with Crippen molar-refractivity contribution in [3.05, 3.63) is 35.9 Å². The van der Waals surface area contributed by atoms with Crippen molar-refractivity contribution in [3.63, 3.8) is 0 Å². The van der Waals surface area contributed by atoms with Crippen molar-refractivity contribution in [2.45, 2.75) is 25.4 Å². The van der Waals surface area contributed by atoms with Crippen molar-refractivity contribution in [2.75, 3.05) is 19.6 Å². The summed E-state index contributed by atoms with van der Waals surface area (Å²) in [5, 5.41) is 16.4. The molecule has 1 unspecified atom stereocenters. The molecular weight excluding hydrogens is 240 g/mol. The number of amides is 1. The highest BCUT2D eigenvalue weighted by Crippen LogP contribution is 2.28. The van der Waals surface area contributed by atoms with Gasteiger partial charge in [0.05, 0.1) is 5.60 Å². The Labute approximate surface area is 114 Å². The summed E-state index contributed by atoms with van der Waals surface area (Å²) >= 11 is 0. The fraction of sp³-hybridized carbons (Fsp3) is 0.533. The van der Waals surface area contributed by atoms with Crippen LogP contribution in [0.2, 0.25) is 0 Å². The van der Waals surface area contributed by atoms with Crippen LogP contribution in [0.25, 0.3) is 0 Å². The van der Waals surface area contributed by atoms with Gasteiger partial charge in [0, 0.05) is 25.6 Å². The first-order valence-corrected chi connectivity index (χ1v) is 6.86. The highest BCUT2D eigenvalue weighted by Gasteiger charge is 2.29. The topological polar surface area (TPSA) is 61.4 Å². The summed E-state index contributed by atoms with van der Waals surface area (Å²) in [7, 11) is 0. The number of benzene rings is 1. The van der Waals surface area contributed by atoms with E-state index in [0.29, 0.717) is 19.6 Å². The van der Waals surface area contributed by atoms with Gasteiger partial charge in [-0.3, -0.25) is 4.79 Å². The Balaban J connectivity index is 1.65. The number of hydrogen-bond acceptors (Lipinski definition) is 3. The minimum atomic E-state index is -0.887. The van der Waals surface area contributed by atoms with Crippen molar-refractivity contribution in [1.29, 1.82) is 0 Å². The van der Waals surface area contributed by atoms with Crippen LogP contribution in [-0.2, 0) is 10.4 Å². The van der Waals surface area contributed by atoms with Crippen LogP contribution >= 0.6 is 0 Å². The van der Waals surface area contributed by atoms with Gasteiger partial charge in [-0.2, -0.15) is 0 Å². The lowest BCUT2D eigenvalue weighted by molar-refractivity contribution is -0.122. The van der Waals surface area contributed by atoms with Crippen LogP contribution in [-0.4, -0.2) is 30.6 Å². The molecule has 0 aromatic heterocycles. The number of aliphatic hydroxyl groups is 1. The van der Waals surface area contributed by atoms with E-state index in [-0.39, 0.29) is 11.8 Å². The third-order valence-electron chi connectivity index (χ3n) is 3.41. The molecule has 19 heavy (non-hydrogen) atoms. The van der Waals surface area contributed by atoms with Gasteiger partial charge < -0.3 is 15.7 Å². The smallest absolute Gasteiger partial charge is 0.223 e. The number of carbonyl (C=O) groups is 1. The molecule has 4 nitrogen and oxygen atoms in total. The second kappa shape index (κ2) is 6.17. The molecule has 2 rings (SSSR count). The predicted octanol–water partition coefficient (Wildman–Crippen LogP) is 1.01. The second-order valence-electron chi connectivity index (χ2n) is 5.38. The molecule has 3 N–H and O–H groups in total. The van der Waals surface area contributed by atoms with Crippen molar-refractivity contribution in [2.24, 2.45) is 5.92 Å². The molecule has 0 aliphatic heterocycles. The molecule has 1 aromatic carbocycles. The molecule has 0 heterocycles. The van der Waals surface area contributed by atoms with E-state index < -0.39 is 5.60 Å². The number of nitrogens with one attached hydrogen (secondary N) is 2. The van der Waals surface area contributed by atoms with Crippen LogP contribution in [0.4, 0.5) is 0 Å². The summed E-state index contributed by atoms with van der Waals surface area (Å²) in [5.41, 5.74) is 0.00593. The minimum Gasteiger partial charge on any atom is -0.384 e. The fourth-order valence-corrected chi connectivity index (χ4v) is 2.00. The van der Waals surface area contributed by atoms with E-state index in [2.05, 4.69) is 10.6 Å². The van der Waals surface area contributed by atoms with Crippen molar-refractivity contribution in [1.82, 2.24) is 10.6 Å². The standard InChI is InChI=1S/C15H22N2O2/c1-15(19,13-5-3-2-4-6-13)11-16-9-10-17-14(18)12-7-8-12/h2-6,12,16,19H,7-11H2,1H3,(H,17,18). The first-order chi connectivity index (χ1) is 9.09. The highest BCUT2D eigenvalue weighted by atomic mass is 16.3. The van der Waals surface area contributed by atoms with E-state index in [4.69, 9.17) is 0 Å². The molecule has 0 radical (unpaired) electrons. The molecular formula is C15H22N2O2. The van der Waals surface area contributed by atoms with E-state index in [1.54, 1.807) is 6.92 Å². The maximum atomic E-state index is 11.4. The van der Waals surface area contributed by atoms with Gasteiger partial charge in [0.15, 0.2) is 0 Å². The Morgan fingerprint density at radius 2 is 2.00 bits per heavy atom. The van der Waals surface area contributed by atoms with E-state index in [1.807, 2.05) is 30.3 Å². The molecule has 0 spiro atoms. The largest absolute Gasteiger partial charge is 0.384 e. The molecule has 104 valence electrons. The van der Waals surface area contributed by atoms with Gasteiger partial charge in [0.1, 0.15) is 0 Å². The van der Waals surface area contributed by atoms with Crippen molar-refractivity contribution < 1.29 is 9.90 Å². The average Bonchev–Trinajstić information content (AvgIpc) is 3.23. The summed E-state index contributed by atoms with van der Waals surface area (Å²) in [5.74, 6) is 0.420. The number of hydrogen-bond donors (Lipinski definition) is 3. The summed E-state index contributed by atoms with van der Waals surface area (Å²) in [6.07, 6.45) is 2.06. The lowest BCUT2D eigenvalue weighted by Gasteiger charge is -2.24. The fourth-order valence-electron chi connectivity index (χ4n) is 2.00. The number of carbonyl (C=O) groups excluding carboxylic acids is 1. The van der Waals surface area contributed by atoms with Gasteiger partial charge in [-0.1, -0.05) is 30.3 Å². The van der Waals surface area contributed by atoms with Gasteiger partial charge in [-0.25, -0.2) is 0 Å². The Bertz CT molecular complexity index is 413. The zero-order valence-electron chi connectivity index (χ0n) is 11.4. The quantitative estimate of drug-likeness (QED) is 0.643. The van der Waals surface area contributed by atoms with Crippen LogP contribution < -0.4 is 10.6 Å². The molecule has 1 fully saturated rings. The average molecular weight is 262 g/mol. The zero-order chi connectivity index (χ0) is 13.7. The Hall–Kier alpha value is -1.39. The molecule has 0 bridgehead atoms. The monoisotopic (exact) mass is 262 g/mol. The van der Waals surface area contributed by atoms with Crippen LogP contribution in [0.1, 0.15) is 25.3 Å². The highest BCUT2D eigenvalue weighted by molar-refractivity contribution is 5.80. The number of rotatable bonds is 7. The lowest BCUT2D eigenvalue weighted by atomic mass is 9.96. The molecule has 1 aliphatic rings. The third kappa shape index (κ3) is 4.33. The van der Waals surface area contributed by atoms with Crippen LogP contribution in [0.15, 0.2) is 30.3 Å². The van der Waals surface area contributed by atoms with Gasteiger partial charge in [0.25, 0.3) is 0 Å². The van der Waals surface area contributed by atoms with Crippen molar-refractivity contribution in [3.8, 4) is 0 Å². The lowest BCUT2D eigenvalue weighted by Crippen LogP contribution is -2.39. The van der Waals surface area contributed by atoms with Crippen LogP contribution in [0, 0.1) is 5.92 Å². The SMILES string of the molecule is CC(O)(CNCCNC(=O)C1CC1)c1ccccc1. The van der Waals surface area contributed by atoms with Gasteiger partial charge >= 0.3 is 0 Å². The second-order valence-corrected chi connectivity index (χ2v) is 5.38. The van der Waals surface area contributed by atoms with Gasteiger partial charge in [-0.05, 0) is 25.3 Å². The first kappa shape index (κ1) is 14.0. The van der Waals surface area contributed by atoms with Crippen LogP contribution in [0.3, 0.4) is 0 Å².